The smallest absolute Gasteiger partial charge is 0.391 e. The van der Waals surface area contributed by atoms with Crippen molar-refractivity contribution in [2.75, 3.05) is 53.2 Å². The molecular weight excluding hydrogens is 359 g/mol. The van der Waals surface area contributed by atoms with E-state index in [2.05, 4.69) is 19.7 Å². The van der Waals surface area contributed by atoms with E-state index < -0.39 is 12.6 Å². The van der Waals surface area contributed by atoms with E-state index in [1.54, 1.807) is 7.11 Å². The average molecular weight is 381 g/mol. The van der Waals surface area contributed by atoms with Gasteiger partial charge in [0.2, 0.25) is 0 Å². The summed E-state index contributed by atoms with van der Waals surface area (Å²) in [5, 5.41) is 0. The van der Waals surface area contributed by atoms with Crippen molar-refractivity contribution < 1.29 is 27.4 Å². The van der Waals surface area contributed by atoms with Crippen LogP contribution in [0.1, 0.15) is 18.5 Å². The van der Waals surface area contributed by atoms with Gasteiger partial charge in [0.15, 0.2) is 0 Å². The molecule has 142 valence electrons. The van der Waals surface area contributed by atoms with Crippen LogP contribution in [0.2, 0.25) is 0 Å². The van der Waals surface area contributed by atoms with Gasteiger partial charge in [-0.25, -0.2) is 0 Å². The quantitative estimate of drug-likeness (QED) is 0.581. The van der Waals surface area contributed by atoms with Gasteiger partial charge in [-0.05, 0) is 12.0 Å². The fraction of sp³-hybridized carbons (Fsp3) is 0.733. The van der Waals surface area contributed by atoms with Gasteiger partial charge in [0, 0.05) is 26.7 Å². The molecule has 0 amide bonds. The van der Waals surface area contributed by atoms with Gasteiger partial charge in [-0.15, -0.1) is 4.37 Å². The molecule has 0 saturated heterocycles. The highest BCUT2D eigenvalue weighted by atomic mass is 32.1. The molecule has 1 aromatic heterocycles. The lowest BCUT2D eigenvalue weighted by Gasteiger charge is -2.26. The lowest BCUT2D eigenvalue weighted by atomic mass is 10.1. The average Bonchev–Trinajstić information content (AvgIpc) is 3.04. The molecule has 0 aliphatic carbocycles. The summed E-state index contributed by atoms with van der Waals surface area (Å²) in [6.45, 7) is 3.06. The third-order valence-corrected chi connectivity index (χ3v) is 4.11. The van der Waals surface area contributed by atoms with Gasteiger partial charge >= 0.3 is 6.18 Å². The van der Waals surface area contributed by atoms with Crippen LogP contribution in [-0.4, -0.2) is 73.0 Å². The highest BCUT2D eigenvalue weighted by Gasteiger charge is 2.26. The van der Waals surface area contributed by atoms with Crippen LogP contribution in [-0.2, 0) is 9.47 Å². The molecule has 6 nitrogen and oxygen atoms in total. The van der Waals surface area contributed by atoms with E-state index in [-0.39, 0.29) is 19.8 Å². The van der Waals surface area contributed by atoms with E-state index in [9.17, 15) is 13.2 Å². The van der Waals surface area contributed by atoms with Gasteiger partial charge in [-0.2, -0.15) is 17.5 Å². The lowest BCUT2D eigenvalue weighted by molar-refractivity contribution is -0.145. The second kappa shape index (κ2) is 10.0. The number of alkyl halides is 3. The zero-order chi connectivity index (χ0) is 18.1. The molecule has 0 atom stereocenters. The van der Waals surface area contributed by atoms with Gasteiger partial charge in [-0.1, -0.05) is 6.08 Å². The molecule has 0 bridgehead atoms. The molecule has 1 aromatic rings. The predicted molar refractivity (Wildman–Crippen MR) is 87.8 cm³/mol. The summed E-state index contributed by atoms with van der Waals surface area (Å²) in [6.07, 6.45) is -2.13. The van der Waals surface area contributed by atoms with Crippen molar-refractivity contribution >= 4 is 17.3 Å². The number of hydrogen-bond acceptors (Lipinski definition) is 7. The second-order valence-corrected chi connectivity index (χ2v) is 6.06. The Bertz CT molecular complexity index is 552. The van der Waals surface area contributed by atoms with Crippen LogP contribution in [0.3, 0.4) is 0 Å². The van der Waals surface area contributed by atoms with Crippen molar-refractivity contribution in [3.8, 4) is 5.88 Å². The zero-order valence-electron chi connectivity index (χ0n) is 14.0. The van der Waals surface area contributed by atoms with Crippen LogP contribution in [0, 0.1) is 0 Å². The number of methoxy groups -OCH3 is 1. The van der Waals surface area contributed by atoms with E-state index in [0.717, 1.165) is 43.4 Å². The van der Waals surface area contributed by atoms with Gasteiger partial charge in [0.1, 0.15) is 12.3 Å². The molecule has 10 heteroatoms. The number of halogens is 3. The minimum atomic E-state index is -4.20. The van der Waals surface area contributed by atoms with Crippen molar-refractivity contribution in [1.29, 1.82) is 0 Å². The minimum absolute atomic E-state index is 0.0755. The molecule has 2 rings (SSSR count). The van der Waals surface area contributed by atoms with Crippen LogP contribution < -0.4 is 4.74 Å². The highest BCUT2D eigenvalue weighted by Crippen LogP contribution is 2.27. The number of hydrogen-bond donors (Lipinski definition) is 0. The van der Waals surface area contributed by atoms with Crippen molar-refractivity contribution in [1.82, 2.24) is 13.6 Å². The molecule has 0 fully saturated rings. The maximum atomic E-state index is 12.0. The van der Waals surface area contributed by atoms with Crippen LogP contribution in [0.15, 0.2) is 6.08 Å². The third kappa shape index (κ3) is 7.27. The second-order valence-electron chi connectivity index (χ2n) is 5.53. The fourth-order valence-electron chi connectivity index (χ4n) is 2.35. The van der Waals surface area contributed by atoms with E-state index in [0.29, 0.717) is 18.2 Å². The number of aromatic nitrogens is 2. The summed E-state index contributed by atoms with van der Waals surface area (Å²) >= 11 is 1.05. The molecule has 0 aromatic carbocycles. The number of ether oxygens (including phenoxy) is 3. The Morgan fingerprint density at radius 2 is 2.04 bits per heavy atom. The van der Waals surface area contributed by atoms with Crippen LogP contribution in [0.5, 0.6) is 5.88 Å². The molecule has 1 aliphatic rings. The van der Waals surface area contributed by atoms with Crippen LogP contribution in [0.25, 0.3) is 5.57 Å². The Morgan fingerprint density at radius 1 is 1.20 bits per heavy atom. The van der Waals surface area contributed by atoms with Gasteiger partial charge in [0.25, 0.3) is 5.88 Å². The monoisotopic (exact) mass is 381 g/mol. The van der Waals surface area contributed by atoms with E-state index >= 15 is 0 Å². The van der Waals surface area contributed by atoms with E-state index in [1.165, 1.54) is 0 Å². The normalized spacial score (nSPS) is 16.1. The Hall–Kier alpha value is -1.23. The SMILES string of the molecule is COCCN1CCC=C(c2nsnc2OCCOCCC(F)(F)F)C1. The largest absolute Gasteiger partial charge is 0.473 e. The molecular formula is C15H22F3N3O3S. The summed E-state index contributed by atoms with van der Waals surface area (Å²) in [6, 6.07) is 0. The number of rotatable bonds is 10. The maximum absolute atomic E-state index is 12.0. The molecule has 0 unspecified atom stereocenters. The van der Waals surface area contributed by atoms with E-state index in [1.807, 2.05) is 0 Å². The zero-order valence-corrected chi connectivity index (χ0v) is 14.9. The standard InChI is InChI=1S/C15H22F3N3O3S/c1-22-8-6-21-5-2-3-12(11-21)13-14(20-25-19-13)24-10-9-23-7-4-15(16,17)18/h3H,2,4-11H2,1H3. The first kappa shape index (κ1) is 20.1. The van der Waals surface area contributed by atoms with Crippen LogP contribution in [0.4, 0.5) is 13.2 Å². The first-order valence-electron chi connectivity index (χ1n) is 8.00. The molecule has 0 radical (unpaired) electrons. The Morgan fingerprint density at radius 3 is 2.80 bits per heavy atom. The summed E-state index contributed by atoms with van der Waals surface area (Å²) < 4.78 is 60.0. The molecule has 25 heavy (non-hydrogen) atoms. The highest BCUT2D eigenvalue weighted by molar-refractivity contribution is 6.99. The van der Waals surface area contributed by atoms with Crippen molar-refractivity contribution in [2.24, 2.45) is 0 Å². The first-order valence-corrected chi connectivity index (χ1v) is 8.73. The summed E-state index contributed by atoms with van der Waals surface area (Å²) in [5.41, 5.74) is 1.74. The Labute approximate surface area is 148 Å². The van der Waals surface area contributed by atoms with Gasteiger partial charge < -0.3 is 14.2 Å². The van der Waals surface area contributed by atoms with Crippen molar-refractivity contribution in [3.63, 3.8) is 0 Å². The minimum Gasteiger partial charge on any atom is -0.473 e. The third-order valence-electron chi connectivity index (χ3n) is 3.60. The van der Waals surface area contributed by atoms with Crippen molar-refractivity contribution in [2.45, 2.75) is 19.0 Å². The number of nitrogens with zero attached hydrogens (tertiary/aromatic N) is 3. The molecule has 1 aliphatic heterocycles. The fourth-order valence-corrected chi connectivity index (χ4v) is 2.88. The summed E-state index contributed by atoms with van der Waals surface area (Å²) in [4.78, 5) is 2.27. The molecule has 2 heterocycles. The lowest BCUT2D eigenvalue weighted by Crippen LogP contribution is -2.32. The van der Waals surface area contributed by atoms with E-state index in [4.69, 9.17) is 14.2 Å². The molecule has 0 spiro atoms. The first-order chi connectivity index (χ1) is 12.0. The Balaban J connectivity index is 1.77. The summed E-state index contributed by atoms with van der Waals surface area (Å²) in [7, 11) is 1.67. The predicted octanol–water partition coefficient (Wildman–Crippen LogP) is 2.62. The Kier molecular flexibility index (Phi) is 8.07. The molecule has 0 saturated carbocycles. The van der Waals surface area contributed by atoms with Gasteiger partial charge in [0.05, 0.1) is 38.0 Å². The maximum Gasteiger partial charge on any atom is 0.391 e. The van der Waals surface area contributed by atoms with Crippen LogP contribution >= 0.6 is 11.7 Å². The summed E-state index contributed by atoms with van der Waals surface area (Å²) in [5.74, 6) is 0.407. The molecule has 0 N–H and O–H groups in total. The van der Waals surface area contributed by atoms with Gasteiger partial charge in [-0.3, -0.25) is 4.90 Å². The topological polar surface area (TPSA) is 56.7 Å². The van der Waals surface area contributed by atoms with Crippen molar-refractivity contribution in [3.05, 3.63) is 11.8 Å².